The summed E-state index contributed by atoms with van der Waals surface area (Å²) in [7, 11) is 0. The van der Waals surface area contributed by atoms with E-state index >= 15 is 0 Å². The molecule has 0 atom stereocenters. The monoisotopic (exact) mass is 353 g/mol. The minimum atomic E-state index is -0.179. The van der Waals surface area contributed by atoms with Gasteiger partial charge in [-0.1, -0.05) is 13.0 Å². The predicted octanol–water partition coefficient (Wildman–Crippen LogP) is 2.98. The predicted molar refractivity (Wildman–Crippen MR) is 98.6 cm³/mol. The Morgan fingerprint density at radius 1 is 1.19 bits per heavy atom. The third kappa shape index (κ3) is 3.59. The van der Waals surface area contributed by atoms with Crippen molar-refractivity contribution in [2.45, 2.75) is 26.3 Å². The Hall–Kier alpha value is -2.76. The summed E-state index contributed by atoms with van der Waals surface area (Å²) >= 11 is 0. The SMILES string of the molecule is CC1CCN(c2ccc(C(=O)NCc3ccc4c(c3)OCO4)nc2)CC1. The van der Waals surface area contributed by atoms with Gasteiger partial charge in [0.2, 0.25) is 6.79 Å². The lowest BCUT2D eigenvalue weighted by Crippen LogP contribution is -2.33. The molecule has 0 unspecified atom stereocenters. The number of hydrogen-bond donors (Lipinski definition) is 1. The number of ether oxygens (including phenoxy) is 2. The van der Waals surface area contributed by atoms with Gasteiger partial charge >= 0.3 is 0 Å². The molecule has 6 nitrogen and oxygen atoms in total. The van der Waals surface area contributed by atoms with Crippen LogP contribution in [-0.4, -0.2) is 30.8 Å². The quantitative estimate of drug-likeness (QED) is 0.915. The van der Waals surface area contributed by atoms with Crippen LogP contribution in [0.1, 0.15) is 35.8 Å². The van der Waals surface area contributed by atoms with Crippen molar-refractivity contribution in [1.82, 2.24) is 10.3 Å². The summed E-state index contributed by atoms with van der Waals surface area (Å²) in [6, 6.07) is 9.44. The largest absolute Gasteiger partial charge is 0.454 e. The number of rotatable bonds is 4. The van der Waals surface area contributed by atoms with Gasteiger partial charge in [-0.25, -0.2) is 4.98 Å². The number of pyridine rings is 1. The van der Waals surface area contributed by atoms with Crippen molar-refractivity contribution in [3.63, 3.8) is 0 Å². The van der Waals surface area contributed by atoms with Crippen molar-refractivity contribution in [2.75, 3.05) is 24.8 Å². The molecule has 0 aliphatic carbocycles. The number of fused-ring (bicyclic) bond motifs is 1. The molecule has 0 saturated carbocycles. The second-order valence-electron chi connectivity index (χ2n) is 6.94. The molecule has 136 valence electrons. The van der Waals surface area contributed by atoms with E-state index in [0.717, 1.165) is 41.8 Å². The maximum absolute atomic E-state index is 12.3. The van der Waals surface area contributed by atoms with Gasteiger partial charge in [-0.15, -0.1) is 0 Å². The summed E-state index contributed by atoms with van der Waals surface area (Å²) in [6.45, 7) is 5.07. The number of nitrogens with one attached hydrogen (secondary N) is 1. The highest BCUT2D eigenvalue weighted by Gasteiger charge is 2.17. The van der Waals surface area contributed by atoms with Crippen LogP contribution in [-0.2, 0) is 6.54 Å². The molecule has 0 spiro atoms. The molecule has 4 rings (SSSR count). The van der Waals surface area contributed by atoms with E-state index in [0.29, 0.717) is 12.2 Å². The van der Waals surface area contributed by atoms with Gasteiger partial charge in [0.15, 0.2) is 11.5 Å². The number of nitrogens with zero attached hydrogens (tertiary/aromatic N) is 2. The second kappa shape index (κ2) is 7.23. The first-order chi connectivity index (χ1) is 12.7. The fourth-order valence-electron chi connectivity index (χ4n) is 3.30. The molecule has 0 bridgehead atoms. The molecule has 1 saturated heterocycles. The summed E-state index contributed by atoms with van der Waals surface area (Å²) in [5.41, 5.74) is 2.48. The zero-order chi connectivity index (χ0) is 17.9. The standard InChI is InChI=1S/C20H23N3O3/c1-14-6-8-23(9-7-14)16-3-4-17(21-12-16)20(24)22-11-15-2-5-18-19(10-15)26-13-25-18/h2-5,10,12,14H,6-9,11,13H2,1H3,(H,22,24). The van der Waals surface area contributed by atoms with Crippen LogP contribution in [0.5, 0.6) is 11.5 Å². The lowest BCUT2D eigenvalue weighted by atomic mass is 9.99. The van der Waals surface area contributed by atoms with Gasteiger partial charge in [0.1, 0.15) is 5.69 Å². The van der Waals surface area contributed by atoms with Crippen molar-refractivity contribution >= 4 is 11.6 Å². The van der Waals surface area contributed by atoms with E-state index in [9.17, 15) is 4.79 Å². The second-order valence-corrected chi connectivity index (χ2v) is 6.94. The van der Waals surface area contributed by atoms with Crippen LogP contribution in [0.25, 0.3) is 0 Å². The van der Waals surface area contributed by atoms with E-state index in [2.05, 4.69) is 22.1 Å². The van der Waals surface area contributed by atoms with Gasteiger partial charge in [-0.2, -0.15) is 0 Å². The first-order valence-corrected chi connectivity index (χ1v) is 9.07. The number of piperidine rings is 1. The van der Waals surface area contributed by atoms with E-state index in [4.69, 9.17) is 9.47 Å². The van der Waals surface area contributed by atoms with E-state index in [-0.39, 0.29) is 12.7 Å². The molecule has 1 aromatic heterocycles. The molecule has 3 heterocycles. The van der Waals surface area contributed by atoms with Gasteiger partial charge in [-0.3, -0.25) is 4.79 Å². The van der Waals surface area contributed by atoms with Crippen LogP contribution in [0.4, 0.5) is 5.69 Å². The molecule has 26 heavy (non-hydrogen) atoms. The number of carbonyl (C=O) groups is 1. The Morgan fingerprint density at radius 3 is 2.77 bits per heavy atom. The van der Waals surface area contributed by atoms with Crippen molar-refractivity contribution in [3.05, 3.63) is 47.8 Å². The Labute approximate surface area is 153 Å². The smallest absolute Gasteiger partial charge is 0.270 e. The number of carbonyl (C=O) groups excluding carboxylic acids is 1. The molecule has 1 fully saturated rings. The van der Waals surface area contributed by atoms with Crippen LogP contribution < -0.4 is 19.7 Å². The Morgan fingerprint density at radius 2 is 2.00 bits per heavy atom. The number of aromatic nitrogens is 1. The first-order valence-electron chi connectivity index (χ1n) is 9.07. The molecule has 1 aromatic carbocycles. The van der Waals surface area contributed by atoms with Crippen LogP contribution in [0.15, 0.2) is 36.5 Å². The van der Waals surface area contributed by atoms with Crippen LogP contribution in [0.3, 0.4) is 0 Å². The molecule has 2 aliphatic heterocycles. The normalized spacial score (nSPS) is 16.6. The topological polar surface area (TPSA) is 63.7 Å². The van der Waals surface area contributed by atoms with Crippen molar-refractivity contribution < 1.29 is 14.3 Å². The van der Waals surface area contributed by atoms with Gasteiger partial charge in [0.25, 0.3) is 5.91 Å². The number of anilines is 1. The van der Waals surface area contributed by atoms with Crippen molar-refractivity contribution in [2.24, 2.45) is 5.92 Å². The zero-order valence-electron chi connectivity index (χ0n) is 14.9. The average Bonchev–Trinajstić information content (AvgIpc) is 3.15. The highest BCUT2D eigenvalue weighted by molar-refractivity contribution is 5.92. The number of hydrogen-bond acceptors (Lipinski definition) is 5. The summed E-state index contributed by atoms with van der Waals surface area (Å²) in [5, 5.41) is 2.90. The Balaban J connectivity index is 1.34. The number of amides is 1. The summed E-state index contributed by atoms with van der Waals surface area (Å²) in [4.78, 5) is 19.0. The van der Waals surface area contributed by atoms with Crippen LogP contribution in [0.2, 0.25) is 0 Å². The van der Waals surface area contributed by atoms with E-state index < -0.39 is 0 Å². The molecular weight excluding hydrogens is 330 g/mol. The summed E-state index contributed by atoms with van der Waals surface area (Å²) in [5.74, 6) is 2.07. The van der Waals surface area contributed by atoms with E-state index in [1.165, 1.54) is 12.8 Å². The van der Waals surface area contributed by atoms with Gasteiger partial charge in [-0.05, 0) is 48.6 Å². The van der Waals surface area contributed by atoms with Crippen molar-refractivity contribution in [3.8, 4) is 11.5 Å². The van der Waals surface area contributed by atoms with Gasteiger partial charge in [0, 0.05) is 19.6 Å². The van der Waals surface area contributed by atoms with E-state index in [1.54, 1.807) is 12.3 Å². The average molecular weight is 353 g/mol. The maximum atomic E-state index is 12.3. The molecule has 2 aliphatic rings. The zero-order valence-corrected chi connectivity index (χ0v) is 14.9. The molecule has 1 amide bonds. The van der Waals surface area contributed by atoms with Crippen LogP contribution in [0, 0.1) is 5.92 Å². The number of benzene rings is 1. The highest BCUT2D eigenvalue weighted by Crippen LogP contribution is 2.32. The molecule has 0 radical (unpaired) electrons. The van der Waals surface area contributed by atoms with E-state index in [1.807, 2.05) is 24.3 Å². The Bertz CT molecular complexity index is 783. The third-order valence-electron chi connectivity index (χ3n) is 5.02. The fraction of sp³-hybridized carbons (Fsp3) is 0.400. The van der Waals surface area contributed by atoms with Gasteiger partial charge < -0.3 is 19.7 Å². The fourth-order valence-corrected chi connectivity index (χ4v) is 3.30. The van der Waals surface area contributed by atoms with Crippen LogP contribution >= 0.6 is 0 Å². The summed E-state index contributed by atoms with van der Waals surface area (Å²) in [6.07, 6.45) is 4.21. The highest BCUT2D eigenvalue weighted by atomic mass is 16.7. The molecule has 2 aromatic rings. The van der Waals surface area contributed by atoms with Crippen molar-refractivity contribution in [1.29, 1.82) is 0 Å². The first kappa shape index (κ1) is 16.7. The minimum Gasteiger partial charge on any atom is -0.454 e. The lowest BCUT2D eigenvalue weighted by Gasteiger charge is -2.31. The van der Waals surface area contributed by atoms with Gasteiger partial charge in [0.05, 0.1) is 11.9 Å². The minimum absolute atomic E-state index is 0.179. The molecule has 1 N–H and O–H groups in total. The Kier molecular flexibility index (Phi) is 4.65. The molecular formula is C20H23N3O3. The maximum Gasteiger partial charge on any atom is 0.270 e. The lowest BCUT2D eigenvalue weighted by molar-refractivity contribution is 0.0946. The third-order valence-corrected chi connectivity index (χ3v) is 5.02. The molecule has 6 heteroatoms. The summed E-state index contributed by atoms with van der Waals surface area (Å²) < 4.78 is 10.6.